The third-order valence-electron chi connectivity index (χ3n) is 1.92. The van der Waals surface area contributed by atoms with Crippen molar-refractivity contribution >= 4 is 10.2 Å². The van der Waals surface area contributed by atoms with Gasteiger partial charge in [0.2, 0.25) is 0 Å². The average Bonchev–Trinajstić information content (AvgIpc) is 1.90. The highest BCUT2D eigenvalue weighted by Gasteiger charge is 2.39. The van der Waals surface area contributed by atoms with Gasteiger partial charge in [0.1, 0.15) is 0 Å². The molecule has 0 aliphatic heterocycles. The molecule has 0 bridgehead atoms. The summed E-state index contributed by atoms with van der Waals surface area (Å²) in [6, 6.07) is 0. The topological polar surface area (TPSA) is 18.5 Å². The maximum Gasteiger partial charge on any atom is 0.188 e. The minimum absolute atomic E-state index is 0.0399. The third-order valence-corrected chi connectivity index (χ3v) is 2.62. The first-order valence-corrected chi connectivity index (χ1v) is 4.67. The van der Waals surface area contributed by atoms with Crippen LogP contribution in [0.15, 0.2) is 12.7 Å². The zero-order valence-electron chi connectivity index (χ0n) is 8.10. The molecule has 3 heteroatoms. The predicted octanol–water partition coefficient (Wildman–Crippen LogP) is 0.725. The van der Waals surface area contributed by atoms with Crippen LogP contribution in [0, 0.1) is 0 Å². The molecule has 0 saturated heterocycles. The molecular formula is C8H18O2Si. The number of hydrogen-bond acceptors (Lipinski definition) is 2. The molecule has 0 atom stereocenters. The summed E-state index contributed by atoms with van der Waals surface area (Å²) in [5, 5.41) is 0.0399. The first-order chi connectivity index (χ1) is 4.93. The van der Waals surface area contributed by atoms with Crippen molar-refractivity contribution in [3.63, 3.8) is 0 Å². The summed E-state index contributed by atoms with van der Waals surface area (Å²) >= 11 is 0. The lowest BCUT2D eigenvalue weighted by atomic mass is 10.0. The number of ether oxygens (including phenoxy) is 2. The summed E-state index contributed by atoms with van der Waals surface area (Å²) in [6.07, 6.45) is 1.72. The van der Waals surface area contributed by atoms with E-state index in [0.29, 0.717) is 0 Å². The second-order valence-electron chi connectivity index (χ2n) is 3.53. The van der Waals surface area contributed by atoms with Gasteiger partial charge in [-0.2, -0.15) is 0 Å². The Morgan fingerprint density at radius 3 is 1.64 bits per heavy atom. The summed E-state index contributed by atoms with van der Waals surface area (Å²) in [5.74, 6) is -0.612. The molecule has 0 radical (unpaired) electrons. The first kappa shape index (κ1) is 10.9. The van der Waals surface area contributed by atoms with Gasteiger partial charge in [0.15, 0.2) is 5.79 Å². The zero-order valence-corrected chi connectivity index (χ0v) is 10.1. The fourth-order valence-corrected chi connectivity index (χ4v) is 1.78. The van der Waals surface area contributed by atoms with Gasteiger partial charge in [0.25, 0.3) is 0 Å². The van der Waals surface area contributed by atoms with E-state index in [1.54, 1.807) is 20.3 Å². The van der Waals surface area contributed by atoms with Gasteiger partial charge in [-0.3, -0.25) is 0 Å². The molecule has 0 aromatic rings. The Morgan fingerprint density at radius 2 is 1.64 bits per heavy atom. The molecule has 0 aliphatic carbocycles. The van der Waals surface area contributed by atoms with E-state index in [-0.39, 0.29) is 5.04 Å². The fourth-order valence-electron chi connectivity index (χ4n) is 1.17. The van der Waals surface area contributed by atoms with Gasteiger partial charge in [-0.05, 0) is 6.08 Å². The van der Waals surface area contributed by atoms with E-state index >= 15 is 0 Å². The van der Waals surface area contributed by atoms with Crippen LogP contribution >= 0.6 is 0 Å². The molecule has 0 N–H and O–H groups in total. The maximum absolute atomic E-state index is 5.30. The van der Waals surface area contributed by atoms with Crippen molar-refractivity contribution in [2.24, 2.45) is 0 Å². The highest BCUT2D eigenvalue weighted by atomic mass is 28.1. The lowest BCUT2D eigenvalue weighted by Crippen LogP contribution is -2.42. The highest BCUT2D eigenvalue weighted by molar-refractivity contribution is 6.15. The summed E-state index contributed by atoms with van der Waals surface area (Å²) in [6.45, 7) is 7.92. The van der Waals surface area contributed by atoms with E-state index in [1.165, 1.54) is 0 Å². The monoisotopic (exact) mass is 174 g/mol. The van der Waals surface area contributed by atoms with Gasteiger partial charge in [-0.1, -0.05) is 20.4 Å². The van der Waals surface area contributed by atoms with Crippen LogP contribution in [0.5, 0.6) is 0 Å². The second kappa shape index (κ2) is 3.52. The third kappa shape index (κ3) is 1.92. The molecule has 0 aromatic carbocycles. The number of rotatable bonds is 4. The smallest absolute Gasteiger partial charge is 0.188 e. The van der Waals surface area contributed by atoms with Gasteiger partial charge in [-0.15, -0.1) is 0 Å². The largest absolute Gasteiger partial charge is 0.350 e. The van der Waals surface area contributed by atoms with Crippen LogP contribution in [0.4, 0.5) is 0 Å². The normalized spacial score (nSPS) is 13.5. The number of methoxy groups -OCH3 is 2. The summed E-state index contributed by atoms with van der Waals surface area (Å²) in [5.41, 5.74) is 0. The Kier molecular flexibility index (Phi) is 3.48. The van der Waals surface area contributed by atoms with Crippen molar-refractivity contribution in [1.29, 1.82) is 0 Å². The fraction of sp³-hybridized carbons (Fsp3) is 0.750. The van der Waals surface area contributed by atoms with Crippen molar-refractivity contribution in [3.05, 3.63) is 12.7 Å². The van der Waals surface area contributed by atoms with E-state index in [9.17, 15) is 0 Å². The Labute approximate surface area is 72.0 Å². The van der Waals surface area contributed by atoms with Gasteiger partial charge < -0.3 is 9.47 Å². The molecule has 0 amide bonds. The molecule has 0 unspecified atom stereocenters. The second-order valence-corrected chi connectivity index (χ2v) is 6.03. The average molecular weight is 174 g/mol. The van der Waals surface area contributed by atoms with Crippen molar-refractivity contribution in [2.75, 3.05) is 14.2 Å². The summed E-state index contributed by atoms with van der Waals surface area (Å²) < 4.78 is 10.6. The molecule has 0 aliphatic rings. The molecule has 0 heterocycles. The molecule has 11 heavy (non-hydrogen) atoms. The Morgan fingerprint density at radius 1 is 1.27 bits per heavy atom. The van der Waals surface area contributed by atoms with Crippen molar-refractivity contribution < 1.29 is 9.47 Å². The molecule has 66 valence electrons. The van der Waals surface area contributed by atoms with Crippen LogP contribution in [0.3, 0.4) is 0 Å². The van der Waals surface area contributed by atoms with Crippen LogP contribution in [0.25, 0.3) is 0 Å². The zero-order chi connectivity index (χ0) is 9.12. The quantitative estimate of drug-likeness (QED) is 0.355. The molecule has 0 saturated carbocycles. The van der Waals surface area contributed by atoms with E-state index in [4.69, 9.17) is 9.47 Å². The van der Waals surface area contributed by atoms with Crippen LogP contribution in [-0.2, 0) is 9.47 Å². The highest BCUT2D eigenvalue weighted by Crippen LogP contribution is 2.38. The Balaban J connectivity index is 4.68. The van der Waals surface area contributed by atoms with E-state index < -0.39 is 5.79 Å². The molecule has 0 spiro atoms. The molecule has 0 rings (SSSR count). The Bertz CT molecular complexity index is 134. The maximum atomic E-state index is 5.30. The predicted molar refractivity (Wildman–Crippen MR) is 50.9 cm³/mol. The van der Waals surface area contributed by atoms with E-state index in [1.807, 2.05) is 0 Å². The number of hydrogen-bond donors (Lipinski definition) is 0. The minimum atomic E-state index is -0.612. The standard InChI is InChI=1S/C8H18O2Si/c1-6-8(9-4,10-5)7(2,3)11/h6H,1H2,2-5,11H3. The summed E-state index contributed by atoms with van der Waals surface area (Å²) in [7, 11) is 4.28. The van der Waals surface area contributed by atoms with Crippen LogP contribution < -0.4 is 0 Å². The van der Waals surface area contributed by atoms with Crippen molar-refractivity contribution in [2.45, 2.75) is 24.7 Å². The van der Waals surface area contributed by atoms with E-state index in [2.05, 4.69) is 20.4 Å². The van der Waals surface area contributed by atoms with Gasteiger partial charge >= 0.3 is 0 Å². The lowest BCUT2D eigenvalue weighted by molar-refractivity contribution is -0.190. The van der Waals surface area contributed by atoms with Crippen LogP contribution in [0.1, 0.15) is 13.8 Å². The molecule has 0 aromatic heterocycles. The van der Waals surface area contributed by atoms with Crippen molar-refractivity contribution in [3.8, 4) is 0 Å². The van der Waals surface area contributed by atoms with Gasteiger partial charge in [-0.25, -0.2) is 0 Å². The van der Waals surface area contributed by atoms with Crippen LogP contribution in [0.2, 0.25) is 5.04 Å². The molecule has 0 fully saturated rings. The van der Waals surface area contributed by atoms with Gasteiger partial charge in [0.05, 0.1) is 0 Å². The minimum Gasteiger partial charge on any atom is -0.350 e. The summed E-state index contributed by atoms with van der Waals surface area (Å²) in [4.78, 5) is 0. The first-order valence-electron chi connectivity index (χ1n) is 3.67. The SMILES string of the molecule is C=CC(OC)(OC)C(C)(C)[SiH3]. The lowest BCUT2D eigenvalue weighted by Gasteiger charge is -2.39. The van der Waals surface area contributed by atoms with E-state index in [0.717, 1.165) is 10.2 Å². The van der Waals surface area contributed by atoms with Gasteiger partial charge in [0, 0.05) is 29.5 Å². The molecule has 2 nitrogen and oxygen atoms in total. The molecular weight excluding hydrogens is 156 g/mol. The Hall–Kier alpha value is -0.123. The van der Waals surface area contributed by atoms with Crippen molar-refractivity contribution in [1.82, 2.24) is 0 Å². The van der Waals surface area contributed by atoms with Crippen LogP contribution in [-0.4, -0.2) is 30.2 Å².